The molecule has 180 valence electrons. The summed E-state index contributed by atoms with van der Waals surface area (Å²) in [6.07, 6.45) is 0.141. The Morgan fingerprint density at radius 1 is 1.15 bits per heavy atom. The molecule has 2 aliphatic rings. The molecule has 9 heteroatoms. The lowest BCUT2D eigenvalue weighted by Gasteiger charge is -2.30. The predicted octanol–water partition coefficient (Wildman–Crippen LogP) is 3.47. The standard InChI is InChI=1S/C25H26FNO6S/c1-15(2)13-33-18-9-7-16(8-10-18)23(28)21-22(19-5-3-4-6-20(19)26)27(25(30)24(21)29)17-11-12-34(31,32)14-17/h3-10,15,17,22,28H,11-14H2,1-2H3/t17-,22+/m0/s1. The number of amides is 1. The number of aliphatic hydroxyl groups is 1. The van der Waals surface area contributed by atoms with Gasteiger partial charge in [-0.25, -0.2) is 12.8 Å². The molecular formula is C25H26FNO6S. The van der Waals surface area contributed by atoms with E-state index in [0.29, 0.717) is 18.3 Å². The summed E-state index contributed by atoms with van der Waals surface area (Å²) >= 11 is 0. The van der Waals surface area contributed by atoms with Gasteiger partial charge in [-0.15, -0.1) is 0 Å². The zero-order valence-electron chi connectivity index (χ0n) is 18.9. The molecule has 0 aliphatic carbocycles. The van der Waals surface area contributed by atoms with E-state index in [2.05, 4.69) is 0 Å². The third-order valence-corrected chi connectivity index (χ3v) is 7.74. The normalized spacial score (nSPS) is 23.6. The Morgan fingerprint density at radius 3 is 2.41 bits per heavy atom. The van der Waals surface area contributed by atoms with Crippen molar-refractivity contribution in [2.24, 2.45) is 5.92 Å². The second kappa shape index (κ2) is 9.21. The predicted molar refractivity (Wildman–Crippen MR) is 124 cm³/mol. The van der Waals surface area contributed by atoms with Crippen LogP contribution in [0, 0.1) is 11.7 Å². The Hall–Kier alpha value is -3.20. The van der Waals surface area contributed by atoms with Crippen molar-refractivity contribution in [1.82, 2.24) is 4.90 Å². The molecule has 0 aromatic heterocycles. The highest BCUT2D eigenvalue weighted by molar-refractivity contribution is 7.91. The number of nitrogens with zero attached hydrogens (tertiary/aromatic N) is 1. The van der Waals surface area contributed by atoms with Crippen LogP contribution in [0.15, 0.2) is 54.1 Å². The zero-order chi connectivity index (χ0) is 24.6. The molecule has 4 rings (SSSR count). The number of benzene rings is 2. The van der Waals surface area contributed by atoms with E-state index < -0.39 is 45.2 Å². The van der Waals surface area contributed by atoms with Crippen LogP contribution < -0.4 is 4.74 Å². The molecule has 7 nitrogen and oxygen atoms in total. The Kier molecular flexibility index (Phi) is 6.49. The molecule has 2 fully saturated rings. The highest BCUT2D eigenvalue weighted by Crippen LogP contribution is 2.43. The van der Waals surface area contributed by atoms with E-state index in [1.165, 1.54) is 18.2 Å². The second-order valence-corrected chi connectivity index (χ2v) is 11.2. The van der Waals surface area contributed by atoms with Gasteiger partial charge in [0.25, 0.3) is 11.7 Å². The van der Waals surface area contributed by atoms with E-state index >= 15 is 0 Å². The fourth-order valence-electron chi connectivity index (χ4n) is 4.35. The van der Waals surface area contributed by atoms with E-state index in [4.69, 9.17) is 4.74 Å². The summed E-state index contributed by atoms with van der Waals surface area (Å²) in [4.78, 5) is 27.2. The molecule has 2 aromatic carbocycles. The number of halogens is 1. The number of aliphatic hydroxyl groups excluding tert-OH is 1. The van der Waals surface area contributed by atoms with E-state index in [-0.39, 0.29) is 34.6 Å². The number of sulfone groups is 1. The lowest BCUT2D eigenvalue weighted by molar-refractivity contribution is -0.141. The number of carbonyl (C=O) groups excluding carboxylic acids is 2. The van der Waals surface area contributed by atoms with Gasteiger partial charge in [-0.2, -0.15) is 0 Å². The van der Waals surface area contributed by atoms with E-state index in [0.717, 1.165) is 4.90 Å². The molecule has 2 saturated heterocycles. The first kappa shape index (κ1) is 23.9. The largest absolute Gasteiger partial charge is 0.507 e. The van der Waals surface area contributed by atoms with Crippen molar-refractivity contribution in [1.29, 1.82) is 0 Å². The molecule has 0 spiro atoms. The summed E-state index contributed by atoms with van der Waals surface area (Å²) in [5, 5.41) is 11.1. The molecule has 34 heavy (non-hydrogen) atoms. The van der Waals surface area contributed by atoms with Crippen LogP contribution in [-0.4, -0.2) is 54.3 Å². The van der Waals surface area contributed by atoms with Gasteiger partial charge in [0.2, 0.25) is 0 Å². The lowest BCUT2D eigenvalue weighted by Crippen LogP contribution is -2.40. The second-order valence-electron chi connectivity index (χ2n) is 9.01. The van der Waals surface area contributed by atoms with Gasteiger partial charge in [0.05, 0.1) is 29.7 Å². The Balaban J connectivity index is 1.79. The van der Waals surface area contributed by atoms with Crippen LogP contribution in [0.4, 0.5) is 4.39 Å². The maximum absolute atomic E-state index is 14.9. The average Bonchev–Trinajstić information content (AvgIpc) is 3.28. The van der Waals surface area contributed by atoms with Crippen LogP contribution in [-0.2, 0) is 19.4 Å². The summed E-state index contributed by atoms with van der Waals surface area (Å²) in [7, 11) is -3.39. The maximum Gasteiger partial charge on any atom is 0.295 e. The van der Waals surface area contributed by atoms with E-state index in [1.807, 2.05) is 13.8 Å². The Bertz CT molecular complexity index is 1250. The first-order chi connectivity index (χ1) is 16.1. The number of likely N-dealkylation sites (tertiary alicyclic amines) is 1. The molecule has 2 aliphatic heterocycles. The quantitative estimate of drug-likeness (QED) is 0.380. The molecule has 2 atom stereocenters. The molecule has 0 saturated carbocycles. The van der Waals surface area contributed by atoms with Crippen molar-refractivity contribution in [3.8, 4) is 5.75 Å². The van der Waals surface area contributed by atoms with Crippen molar-refractivity contribution in [2.75, 3.05) is 18.1 Å². The van der Waals surface area contributed by atoms with Gasteiger partial charge in [0, 0.05) is 17.2 Å². The molecule has 2 aromatic rings. The number of Topliss-reactive ketones (excluding diaryl/α,β-unsaturated/α-hetero) is 1. The third-order valence-electron chi connectivity index (χ3n) is 5.99. The maximum atomic E-state index is 14.9. The van der Waals surface area contributed by atoms with Crippen molar-refractivity contribution >= 4 is 27.3 Å². The van der Waals surface area contributed by atoms with Crippen molar-refractivity contribution in [3.05, 3.63) is 71.0 Å². The van der Waals surface area contributed by atoms with Gasteiger partial charge in [-0.05, 0) is 42.7 Å². The summed E-state index contributed by atoms with van der Waals surface area (Å²) in [5.74, 6) is -2.58. The van der Waals surface area contributed by atoms with Crippen LogP contribution in [0.3, 0.4) is 0 Å². The molecular weight excluding hydrogens is 461 g/mol. The van der Waals surface area contributed by atoms with Gasteiger partial charge >= 0.3 is 0 Å². The number of carbonyl (C=O) groups is 2. The number of rotatable bonds is 6. The van der Waals surface area contributed by atoms with E-state index in [1.54, 1.807) is 30.3 Å². The average molecular weight is 488 g/mol. The first-order valence-electron chi connectivity index (χ1n) is 11.1. The Labute approximate surface area is 197 Å². The smallest absolute Gasteiger partial charge is 0.295 e. The monoisotopic (exact) mass is 487 g/mol. The first-order valence-corrected chi connectivity index (χ1v) is 12.9. The van der Waals surface area contributed by atoms with Gasteiger partial charge in [0.15, 0.2) is 9.84 Å². The SMILES string of the molecule is CC(C)COc1ccc(C(O)=C2C(=O)C(=O)N([C@H]3CCS(=O)(=O)C3)[C@@H]2c2ccccc2F)cc1. The number of ketones is 1. The summed E-state index contributed by atoms with van der Waals surface area (Å²) in [5.41, 5.74) is 0.00922. The lowest BCUT2D eigenvalue weighted by atomic mass is 9.94. The highest BCUT2D eigenvalue weighted by Gasteiger charge is 2.51. The number of ether oxygens (including phenoxy) is 1. The van der Waals surface area contributed by atoms with E-state index in [9.17, 15) is 27.5 Å². The van der Waals surface area contributed by atoms with Crippen LogP contribution in [0.5, 0.6) is 5.75 Å². The van der Waals surface area contributed by atoms with Crippen molar-refractivity contribution in [3.63, 3.8) is 0 Å². The third kappa shape index (κ3) is 4.57. The van der Waals surface area contributed by atoms with Gasteiger partial charge < -0.3 is 14.7 Å². The van der Waals surface area contributed by atoms with Gasteiger partial charge in [0.1, 0.15) is 17.3 Å². The van der Waals surface area contributed by atoms with Crippen LogP contribution in [0.25, 0.3) is 5.76 Å². The van der Waals surface area contributed by atoms with Gasteiger partial charge in [-0.3, -0.25) is 9.59 Å². The summed E-state index contributed by atoms with van der Waals surface area (Å²) in [6.45, 7) is 4.53. The van der Waals surface area contributed by atoms with Crippen molar-refractivity contribution < 1.29 is 32.2 Å². The molecule has 2 heterocycles. The Morgan fingerprint density at radius 2 is 1.82 bits per heavy atom. The fourth-order valence-corrected chi connectivity index (χ4v) is 6.06. The number of hydrogen-bond acceptors (Lipinski definition) is 6. The van der Waals surface area contributed by atoms with Crippen LogP contribution in [0.2, 0.25) is 0 Å². The highest BCUT2D eigenvalue weighted by atomic mass is 32.2. The molecule has 1 amide bonds. The summed E-state index contributed by atoms with van der Waals surface area (Å²) in [6, 6.07) is 10.0. The van der Waals surface area contributed by atoms with Gasteiger partial charge in [-0.1, -0.05) is 32.0 Å². The zero-order valence-corrected chi connectivity index (χ0v) is 19.7. The topological polar surface area (TPSA) is 101 Å². The molecule has 0 bridgehead atoms. The fraction of sp³-hybridized carbons (Fsp3) is 0.360. The molecule has 1 N–H and O–H groups in total. The molecule has 0 radical (unpaired) electrons. The summed E-state index contributed by atoms with van der Waals surface area (Å²) < 4.78 is 44.7. The minimum atomic E-state index is -3.39. The van der Waals surface area contributed by atoms with Crippen molar-refractivity contribution in [2.45, 2.75) is 32.4 Å². The molecule has 0 unspecified atom stereocenters. The van der Waals surface area contributed by atoms with Crippen LogP contribution in [0.1, 0.15) is 37.4 Å². The minimum Gasteiger partial charge on any atom is -0.507 e. The minimum absolute atomic E-state index is 0.0180. The van der Waals surface area contributed by atoms with Crippen LogP contribution >= 0.6 is 0 Å². The number of hydrogen-bond donors (Lipinski definition) is 1.